The van der Waals surface area contributed by atoms with Crippen molar-refractivity contribution in [1.29, 1.82) is 0 Å². The van der Waals surface area contributed by atoms with E-state index in [9.17, 15) is 0 Å². The molecule has 0 radical (unpaired) electrons. The summed E-state index contributed by atoms with van der Waals surface area (Å²) in [7, 11) is 0. The topological polar surface area (TPSA) is 8.17 Å². The molecule has 0 saturated heterocycles. The fraction of sp³-hybridized carbons (Fsp3) is 0.0541. The molecule has 3 aliphatic rings. The van der Waals surface area contributed by atoms with Gasteiger partial charge in [-0.1, -0.05) is 190 Å². The number of nitrogens with zero attached hydrogens (tertiary/aromatic N) is 2. The van der Waals surface area contributed by atoms with E-state index in [2.05, 4.69) is 266 Å². The zero-order chi connectivity index (χ0) is 50.5. The molecular weight excluding hydrogens is 949 g/mol. The van der Waals surface area contributed by atoms with Crippen LogP contribution in [0.1, 0.15) is 47.2 Å². The van der Waals surface area contributed by atoms with Crippen LogP contribution in [0.4, 0.5) is 17.1 Å². The van der Waals surface area contributed by atoms with Crippen LogP contribution in [0.25, 0.3) is 113 Å². The Bertz CT molecular complexity index is 5040. The van der Waals surface area contributed by atoms with E-state index in [4.69, 9.17) is 0 Å². The molecule has 0 N–H and O–H groups in total. The maximum absolute atomic E-state index is 2.55. The highest BCUT2D eigenvalue weighted by molar-refractivity contribution is 7.26. The standard InChI is InChI=1S/C74H46N2S/c1-73(2)61-26-11-13-28-66(61)75(47-34-35-51-50-19-5-10-25-60(50)74(62(51)41-47)58-23-8-3-17-48(58)49-18-4-9-24-59(49)74)67-37-33-45(40-63(67)73)44-32-36-65-55(38-44)52-20-6-12-27-64(52)76(65)68-42-57-71-46(31-30-43-16-15-22-54(68)70(43)71)39-56-53-21-7-14-29-69(53)77-72(56)57/h3-42H,1-2H3. The summed E-state index contributed by atoms with van der Waals surface area (Å²) < 4.78 is 5.23. The van der Waals surface area contributed by atoms with Crippen molar-refractivity contribution < 1.29 is 0 Å². The van der Waals surface area contributed by atoms with Gasteiger partial charge in [0.25, 0.3) is 0 Å². The van der Waals surface area contributed by atoms with E-state index in [0.29, 0.717) is 0 Å². The summed E-state index contributed by atoms with van der Waals surface area (Å²) >= 11 is 1.92. The molecule has 77 heavy (non-hydrogen) atoms. The molecule has 15 aromatic rings. The van der Waals surface area contributed by atoms with Gasteiger partial charge in [0.05, 0.1) is 33.5 Å². The molecule has 13 aromatic carbocycles. The summed E-state index contributed by atoms with van der Waals surface area (Å²) in [5, 5.41) is 13.0. The Morgan fingerprint density at radius 3 is 1.73 bits per heavy atom. The van der Waals surface area contributed by atoms with Crippen molar-refractivity contribution in [3.05, 3.63) is 276 Å². The van der Waals surface area contributed by atoms with E-state index in [1.54, 1.807) is 0 Å². The highest BCUT2D eigenvalue weighted by Crippen LogP contribution is 2.64. The molecule has 0 atom stereocenters. The van der Waals surface area contributed by atoms with Gasteiger partial charge >= 0.3 is 0 Å². The van der Waals surface area contributed by atoms with Crippen LogP contribution in [0.5, 0.6) is 0 Å². The number of hydrogen-bond donors (Lipinski definition) is 0. The maximum atomic E-state index is 2.55. The minimum absolute atomic E-state index is 0.274. The molecule has 2 nitrogen and oxygen atoms in total. The van der Waals surface area contributed by atoms with Gasteiger partial charge in [-0.25, -0.2) is 0 Å². The van der Waals surface area contributed by atoms with Crippen LogP contribution in [0, 0.1) is 0 Å². The smallest absolute Gasteiger partial charge is 0.0726 e. The summed E-state index contributed by atoms with van der Waals surface area (Å²) in [4.78, 5) is 2.55. The van der Waals surface area contributed by atoms with Crippen LogP contribution in [-0.2, 0) is 10.8 Å². The molecule has 2 aromatic heterocycles. The SMILES string of the molecule is CC1(C)c2ccccc2N(c2ccc3c(c2)C2(c4ccccc4-c4ccccc42)c2ccccc2-3)c2ccc(-c3ccc4c(c3)c3ccccc3n4-c3cc4c5sc6ccccc6c5cc5ccc6cccc3c6c54)cc21. The largest absolute Gasteiger partial charge is 0.310 e. The van der Waals surface area contributed by atoms with Crippen molar-refractivity contribution in [3.63, 3.8) is 0 Å². The normalized spacial score (nSPS) is 14.5. The van der Waals surface area contributed by atoms with Crippen LogP contribution < -0.4 is 4.90 Å². The minimum atomic E-state index is -0.427. The molecule has 0 amide bonds. The van der Waals surface area contributed by atoms with Crippen molar-refractivity contribution >= 4 is 103 Å². The van der Waals surface area contributed by atoms with Gasteiger partial charge in [-0.2, -0.15) is 0 Å². The van der Waals surface area contributed by atoms with E-state index >= 15 is 0 Å². The van der Waals surface area contributed by atoms with Gasteiger partial charge < -0.3 is 9.47 Å². The lowest BCUT2D eigenvalue weighted by atomic mass is 9.70. The van der Waals surface area contributed by atoms with E-state index in [-0.39, 0.29) is 5.41 Å². The summed E-state index contributed by atoms with van der Waals surface area (Å²) in [6.07, 6.45) is 0. The molecule has 0 fully saturated rings. The number of fused-ring (bicyclic) bond motifs is 19. The van der Waals surface area contributed by atoms with E-state index in [1.165, 1.54) is 164 Å². The number of para-hydroxylation sites is 2. The number of hydrogen-bond acceptors (Lipinski definition) is 2. The molecule has 1 aliphatic heterocycles. The molecule has 0 saturated carbocycles. The third kappa shape index (κ3) is 5.25. The van der Waals surface area contributed by atoms with E-state index in [0.717, 1.165) is 0 Å². The Labute approximate surface area is 449 Å². The summed E-state index contributed by atoms with van der Waals surface area (Å²) in [6, 6.07) is 92.5. The average Bonchev–Trinajstić information content (AvgIpc) is 4.39. The zero-order valence-electron chi connectivity index (χ0n) is 42.4. The maximum Gasteiger partial charge on any atom is 0.0726 e. The lowest BCUT2D eigenvalue weighted by Crippen LogP contribution is -2.31. The van der Waals surface area contributed by atoms with Crippen LogP contribution in [-0.4, -0.2) is 4.57 Å². The number of benzene rings is 13. The predicted octanol–water partition coefficient (Wildman–Crippen LogP) is 20.2. The van der Waals surface area contributed by atoms with Crippen LogP contribution in [0.3, 0.4) is 0 Å². The molecule has 358 valence electrons. The molecule has 0 bridgehead atoms. The summed E-state index contributed by atoms with van der Waals surface area (Å²) in [5.74, 6) is 0. The van der Waals surface area contributed by atoms with Crippen LogP contribution >= 0.6 is 11.3 Å². The summed E-state index contributed by atoms with van der Waals surface area (Å²) in [5.41, 5.74) is 22.3. The first-order chi connectivity index (χ1) is 37.9. The molecule has 1 spiro atoms. The molecule has 3 heterocycles. The zero-order valence-corrected chi connectivity index (χ0v) is 43.2. The van der Waals surface area contributed by atoms with Gasteiger partial charge in [-0.15, -0.1) is 11.3 Å². The van der Waals surface area contributed by atoms with Gasteiger partial charge in [0.2, 0.25) is 0 Å². The molecule has 0 unspecified atom stereocenters. The molecular formula is C74H46N2S. The molecule has 3 heteroatoms. The van der Waals surface area contributed by atoms with Crippen LogP contribution in [0.15, 0.2) is 243 Å². The van der Waals surface area contributed by atoms with Crippen molar-refractivity contribution in [2.45, 2.75) is 24.7 Å². The number of thiophene rings is 1. The van der Waals surface area contributed by atoms with Crippen molar-refractivity contribution in [2.24, 2.45) is 0 Å². The van der Waals surface area contributed by atoms with E-state index < -0.39 is 5.41 Å². The van der Waals surface area contributed by atoms with E-state index in [1.807, 2.05) is 11.3 Å². The highest BCUT2D eigenvalue weighted by atomic mass is 32.1. The molecule has 2 aliphatic carbocycles. The van der Waals surface area contributed by atoms with Crippen molar-refractivity contribution in [2.75, 3.05) is 4.90 Å². The first-order valence-corrected chi connectivity index (χ1v) is 27.8. The Morgan fingerprint density at radius 1 is 0.338 bits per heavy atom. The van der Waals surface area contributed by atoms with Gasteiger partial charge in [-0.05, 0) is 155 Å². The first-order valence-electron chi connectivity index (χ1n) is 27.0. The van der Waals surface area contributed by atoms with Gasteiger partial charge in [0.15, 0.2) is 0 Å². The van der Waals surface area contributed by atoms with Gasteiger partial charge in [0, 0.05) is 52.8 Å². The number of rotatable bonds is 3. The Kier molecular flexibility index (Phi) is 8.05. The average molecular weight is 995 g/mol. The lowest BCUT2D eigenvalue weighted by molar-refractivity contribution is 0.632. The Hall–Kier alpha value is -9.28. The van der Waals surface area contributed by atoms with Crippen molar-refractivity contribution in [1.82, 2.24) is 4.57 Å². The summed E-state index contributed by atoms with van der Waals surface area (Å²) in [6.45, 7) is 4.82. The molecule has 18 rings (SSSR count). The Balaban J connectivity index is 0.822. The third-order valence-corrected chi connectivity index (χ3v) is 19.5. The predicted molar refractivity (Wildman–Crippen MR) is 326 cm³/mol. The highest BCUT2D eigenvalue weighted by Gasteiger charge is 2.52. The second kappa shape index (κ2) is 14.8. The van der Waals surface area contributed by atoms with Gasteiger partial charge in [-0.3, -0.25) is 0 Å². The van der Waals surface area contributed by atoms with Crippen molar-refractivity contribution in [3.8, 4) is 39.1 Å². The lowest BCUT2D eigenvalue weighted by Gasteiger charge is -2.42. The quantitative estimate of drug-likeness (QED) is 0.160. The minimum Gasteiger partial charge on any atom is -0.310 e. The second-order valence-corrected chi connectivity index (χ2v) is 23.3. The van der Waals surface area contributed by atoms with Crippen LogP contribution in [0.2, 0.25) is 0 Å². The monoisotopic (exact) mass is 994 g/mol. The first kappa shape index (κ1) is 42.0. The van der Waals surface area contributed by atoms with Gasteiger partial charge in [0.1, 0.15) is 0 Å². The fourth-order valence-electron chi connectivity index (χ4n) is 15.0. The number of aromatic nitrogens is 1. The second-order valence-electron chi connectivity index (χ2n) is 22.3. The number of anilines is 3. The Morgan fingerprint density at radius 2 is 0.935 bits per heavy atom. The third-order valence-electron chi connectivity index (χ3n) is 18.3. The fourth-order valence-corrected chi connectivity index (χ4v) is 16.2.